The summed E-state index contributed by atoms with van der Waals surface area (Å²) in [5.74, 6) is 0.230. The number of phenolic OH excluding ortho intramolecular Hbond substituents is 1. The van der Waals surface area contributed by atoms with Crippen LogP contribution in [0.2, 0.25) is 0 Å². The van der Waals surface area contributed by atoms with Crippen molar-refractivity contribution < 1.29 is 14.7 Å². The maximum Gasteiger partial charge on any atom is 0.180 e. The lowest BCUT2D eigenvalue weighted by Gasteiger charge is -2.13. The van der Waals surface area contributed by atoms with E-state index in [2.05, 4.69) is 5.48 Å². The zero-order chi connectivity index (χ0) is 10.4. The summed E-state index contributed by atoms with van der Waals surface area (Å²) in [5.41, 5.74) is 3.49. The molecule has 14 heavy (non-hydrogen) atoms. The van der Waals surface area contributed by atoms with Crippen LogP contribution in [-0.2, 0) is 9.57 Å². The van der Waals surface area contributed by atoms with Crippen LogP contribution >= 0.6 is 0 Å². The fourth-order valence-electron chi connectivity index (χ4n) is 0.949. The Kier molecular flexibility index (Phi) is 4.22. The zero-order valence-electron chi connectivity index (χ0n) is 8.36. The van der Waals surface area contributed by atoms with E-state index in [0.29, 0.717) is 6.61 Å². The van der Waals surface area contributed by atoms with Gasteiger partial charge < -0.3 is 9.84 Å². The number of nitrogens with one attached hydrogen (secondary N) is 1. The molecule has 4 nitrogen and oxygen atoms in total. The van der Waals surface area contributed by atoms with Crippen LogP contribution in [0.5, 0.6) is 5.75 Å². The number of benzene rings is 1. The molecule has 0 fully saturated rings. The Hall–Kier alpha value is -1.26. The number of ether oxygens (including phenoxy) is 1. The van der Waals surface area contributed by atoms with Gasteiger partial charge in [0.05, 0.1) is 5.69 Å². The van der Waals surface area contributed by atoms with Gasteiger partial charge in [-0.3, -0.25) is 5.48 Å². The molecule has 1 atom stereocenters. The lowest BCUT2D eigenvalue weighted by molar-refractivity contribution is -0.107. The molecule has 0 bridgehead atoms. The smallest absolute Gasteiger partial charge is 0.180 e. The van der Waals surface area contributed by atoms with Crippen LogP contribution in [0.1, 0.15) is 13.8 Å². The van der Waals surface area contributed by atoms with Gasteiger partial charge in [-0.25, -0.2) is 4.84 Å². The molecule has 0 aliphatic rings. The fraction of sp³-hybridized carbons (Fsp3) is 0.400. The molecule has 0 spiro atoms. The third-order valence-electron chi connectivity index (χ3n) is 1.61. The van der Waals surface area contributed by atoms with Gasteiger partial charge in [0, 0.05) is 6.61 Å². The molecule has 0 aliphatic carbocycles. The summed E-state index contributed by atoms with van der Waals surface area (Å²) in [4.78, 5) is 5.15. The van der Waals surface area contributed by atoms with Crippen LogP contribution in [-0.4, -0.2) is 18.0 Å². The minimum absolute atomic E-state index is 0.230. The Labute approximate surface area is 83.4 Å². The van der Waals surface area contributed by atoms with Crippen molar-refractivity contribution in [3.63, 3.8) is 0 Å². The summed E-state index contributed by atoms with van der Waals surface area (Å²) in [7, 11) is 0. The molecule has 0 radical (unpaired) electrons. The third kappa shape index (κ3) is 3.64. The first-order chi connectivity index (χ1) is 6.72. The first-order valence-corrected chi connectivity index (χ1v) is 4.54. The molecular formula is C10H15NO3. The molecule has 2 N–H and O–H groups in total. The van der Waals surface area contributed by atoms with Gasteiger partial charge in [-0.1, -0.05) is 0 Å². The Morgan fingerprint density at radius 2 is 2.00 bits per heavy atom. The highest BCUT2D eigenvalue weighted by Crippen LogP contribution is 2.13. The molecule has 0 amide bonds. The molecule has 0 aromatic heterocycles. The first-order valence-electron chi connectivity index (χ1n) is 4.54. The molecule has 78 valence electrons. The lowest BCUT2D eigenvalue weighted by atomic mass is 10.3. The van der Waals surface area contributed by atoms with Crippen LogP contribution in [0.15, 0.2) is 24.3 Å². The zero-order valence-corrected chi connectivity index (χ0v) is 8.36. The predicted octanol–water partition coefficient (Wildman–Crippen LogP) is 2.12. The van der Waals surface area contributed by atoms with E-state index in [0.717, 1.165) is 5.69 Å². The molecular weight excluding hydrogens is 182 g/mol. The standard InChI is InChI=1S/C10H15NO3/c1-3-13-8(2)14-11-9-4-6-10(12)7-5-9/h4-8,11-12H,3H2,1-2H3. The Bertz CT molecular complexity index is 261. The summed E-state index contributed by atoms with van der Waals surface area (Å²) in [5, 5.41) is 9.03. The van der Waals surface area contributed by atoms with Crippen LogP contribution in [0.4, 0.5) is 5.69 Å². The normalized spacial score (nSPS) is 12.4. The second kappa shape index (κ2) is 5.47. The van der Waals surface area contributed by atoms with Crippen molar-refractivity contribution in [2.45, 2.75) is 20.1 Å². The minimum Gasteiger partial charge on any atom is -0.508 e. The molecule has 4 heteroatoms. The SMILES string of the molecule is CCOC(C)ONc1ccc(O)cc1. The number of phenols is 1. The van der Waals surface area contributed by atoms with E-state index in [1.165, 1.54) is 0 Å². The van der Waals surface area contributed by atoms with Crippen LogP contribution in [0.25, 0.3) is 0 Å². The molecule has 1 rings (SSSR count). The summed E-state index contributed by atoms with van der Waals surface area (Å²) in [6.07, 6.45) is -0.297. The van der Waals surface area contributed by atoms with Crippen molar-refractivity contribution in [2.24, 2.45) is 0 Å². The van der Waals surface area contributed by atoms with Crippen LogP contribution in [0.3, 0.4) is 0 Å². The molecule has 1 aromatic carbocycles. The largest absolute Gasteiger partial charge is 0.508 e. The molecule has 0 heterocycles. The van der Waals surface area contributed by atoms with Crippen LogP contribution < -0.4 is 5.48 Å². The minimum atomic E-state index is -0.297. The summed E-state index contributed by atoms with van der Waals surface area (Å²) < 4.78 is 5.15. The van der Waals surface area contributed by atoms with Crippen molar-refractivity contribution in [3.8, 4) is 5.75 Å². The monoisotopic (exact) mass is 197 g/mol. The van der Waals surface area contributed by atoms with E-state index in [9.17, 15) is 0 Å². The third-order valence-corrected chi connectivity index (χ3v) is 1.61. The molecule has 1 aromatic rings. The highest BCUT2D eigenvalue weighted by Gasteiger charge is 2.00. The average molecular weight is 197 g/mol. The van der Waals surface area contributed by atoms with E-state index in [-0.39, 0.29) is 12.0 Å². The quantitative estimate of drug-likeness (QED) is 0.431. The van der Waals surface area contributed by atoms with Gasteiger partial charge in [-0.2, -0.15) is 0 Å². The van der Waals surface area contributed by atoms with Crippen LogP contribution in [0, 0.1) is 0 Å². The van der Waals surface area contributed by atoms with E-state index in [1.807, 2.05) is 6.92 Å². The van der Waals surface area contributed by atoms with Crippen molar-refractivity contribution >= 4 is 5.69 Å². The Balaban J connectivity index is 2.34. The highest BCUT2D eigenvalue weighted by molar-refractivity contribution is 5.44. The van der Waals surface area contributed by atoms with Crippen molar-refractivity contribution in [1.29, 1.82) is 0 Å². The average Bonchev–Trinajstić information content (AvgIpc) is 2.17. The summed E-state index contributed by atoms with van der Waals surface area (Å²) in [6.45, 7) is 4.32. The van der Waals surface area contributed by atoms with Gasteiger partial charge in [-0.15, -0.1) is 0 Å². The number of anilines is 1. The topological polar surface area (TPSA) is 50.7 Å². The summed E-state index contributed by atoms with van der Waals surface area (Å²) >= 11 is 0. The second-order valence-corrected chi connectivity index (χ2v) is 2.79. The number of aromatic hydroxyl groups is 1. The van der Waals surface area contributed by atoms with Gasteiger partial charge in [0.15, 0.2) is 6.29 Å². The van der Waals surface area contributed by atoms with Gasteiger partial charge in [0.2, 0.25) is 0 Å². The fourth-order valence-corrected chi connectivity index (χ4v) is 0.949. The Morgan fingerprint density at radius 3 is 2.57 bits per heavy atom. The number of hydrogen-bond donors (Lipinski definition) is 2. The van der Waals surface area contributed by atoms with Gasteiger partial charge in [0.1, 0.15) is 5.75 Å². The van der Waals surface area contributed by atoms with Gasteiger partial charge >= 0.3 is 0 Å². The van der Waals surface area contributed by atoms with E-state index >= 15 is 0 Å². The maximum absolute atomic E-state index is 9.03. The van der Waals surface area contributed by atoms with Crippen molar-refractivity contribution in [2.75, 3.05) is 12.1 Å². The van der Waals surface area contributed by atoms with E-state index in [4.69, 9.17) is 14.7 Å². The highest BCUT2D eigenvalue weighted by atomic mass is 16.8. The van der Waals surface area contributed by atoms with Crippen molar-refractivity contribution in [1.82, 2.24) is 0 Å². The molecule has 0 aliphatic heterocycles. The van der Waals surface area contributed by atoms with E-state index < -0.39 is 0 Å². The number of rotatable bonds is 5. The first kappa shape index (κ1) is 10.8. The Morgan fingerprint density at radius 1 is 1.36 bits per heavy atom. The van der Waals surface area contributed by atoms with Crippen molar-refractivity contribution in [3.05, 3.63) is 24.3 Å². The van der Waals surface area contributed by atoms with E-state index in [1.54, 1.807) is 31.2 Å². The predicted molar refractivity (Wildman–Crippen MR) is 53.9 cm³/mol. The van der Waals surface area contributed by atoms with Gasteiger partial charge in [0.25, 0.3) is 0 Å². The maximum atomic E-state index is 9.03. The van der Waals surface area contributed by atoms with Gasteiger partial charge in [-0.05, 0) is 38.1 Å². The molecule has 0 saturated carbocycles. The molecule has 0 saturated heterocycles. The number of hydrogen-bond acceptors (Lipinski definition) is 4. The summed E-state index contributed by atoms with van der Waals surface area (Å²) in [6, 6.07) is 6.59. The molecule has 1 unspecified atom stereocenters. The lowest BCUT2D eigenvalue weighted by Crippen LogP contribution is -2.16. The second-order valence-electron chi connectivity index (χ2n) is 2.79.